The second-order valence-corrected chi connectivity index (χ2v) is 5.72. The Hall–Kier alpha value is -0.550. The molecule has 0 N–H and O–H groups in total. The largest absolute Gasteiger partial charge is 0.299 e. The van der Waals surface area contributed by atoms with E-state index in [1.807, 2.05) is 0 Å². The highest BCUT2D eigenvalue weighted by atomic mass is 15.2. The Morgan fingerprint density at radius 3 is 2.69 bits per heavy atom. The molecular weight excluding hydrogens is 196 g/mol. The topological polar surface area (TPSA) is 27.0 Å². The molecule has 1 saturated carbocycles. The second-order valence-electron chi connectivity index (χ2n) is 5.72. The zero-order valence-corrected chi connectivity index (χ0v) is 11.1. The van der Waals surface area contributed by atoms with Gasteiger partial charge in [-0.15, -0.1) is 0 Å². The molecule has 0 aromatic heterocycles. The lowest BCUT2D eigenvalue weighted by atomic mass is 9.86. The predicted octanol–water partition coefficient (Wildman–Crippen LogP) is 3.44. The maximum absolute atomic E-state index is 8.72. The molecule has 0 spiro atoms. The normalized spacial score (nSPS) is 26.0. The van der Waals surface area contributed by atoms with Gasteiger partial charge in [-0.3, -0.25) is 4.90 Å². The van der Waals surface area contributed by atoms with Crippen LogP contribution < -0.4 is 0 Å². The van der Waals surface area contributed by atoms with E-state index in [4.69, 9.17) is 5.26 Å². The summed E-state index contributed by atoms with van der Waals surface area (Å²) in [5, 5.41) is 8.72. The molecule has 2 atom stereocenters. The molecule has 92 valence electrons. The summed E-state index contributed by atoms with van der Waals surface area (Å²) in [5.41, 5.74) is 0. The minimum absolute atomic E-state index is 0.678. The van der Waals surface area contributed by atoms with Gasteiger partial charge in [-0.25, -0.2) is 0 Å². The van der Waals surface area contributed by atoms with E-state index in [0.717, 1.165) is 25.0 Å². The molecule has 0 bridgehead atoms. The first-order valence-electron chi connectivity index (χ1n) is 6.74. The Labute approximate surface area is 101 Å². The molecule has 0 amide bonds. The standard InChI is InChI=1S/C14H26N2/c1-12(2)11-16(9-5-8-15)14-7-4-6-13(3)10-14/h12-14H,4-7,9-11H2,1-3H3. The SMILES string of the molecule is CC(C)CN(CCC#N)C1CCCC(C)C1. The minimum atomic E-state index is 0.678. The molecule has 1 fully saturated rings. The molecule has 2 nitrogen and oxygen atoms in total. The van der Waals surface area contributed by atoms with Crippen molar-refractivity contribution >= 4 is 0 Å². The van der Waals surface area contributed by atoms with Crippen LogP contribution in [-0.2, 0) is 0 Å². The summed E-state index contributed by atoms with van der Waals surface area (Å²) in [6, 6.07) is 3.02. The highest BCUT2D eigenvalue weighted by molar-refractivity contribution is 4.82. The molecule has 0 aromatic rings. The smallest absolute Gasteiger partial charge is 0.0635 e. The van der Waals surface area contributed by atoms with Gasteiger partial charge in [0.05, 0.1) is 6.07 Å². The summed E-state index contributed by atoms with van der Waals surface area (Å²) in [5.74, 6) is 1.58. The fourth-order valence-corrected chi connectivity index (χ4v) is 2.82. The zero-order chi connectivity index (χ0) is 12.0. The fourth-order valence-electron chi connectivity index (χ4n) is 2.82. The number of nitriles is 1. The maximum atomic E-state index is 8.72. The van der Waals surface area contributed by atoms with Gasteiger partial charge in [-0.05, 0) is 24.7 Å². The van der Waals surface area contributed by atoms with Crippen LogP contribution in [0.4, 0.5) is 0 Å². The number of hydrogen-bond donors (Lipinski definition) is 0. The predicted molar refractivity (Wildman–Crippen MR) is 68.1 cm³/mol. The van der Waals surface area contributed by atoms with E-state index < -0.39 is 0 Å². The Morgan fingerprint density at radius 2 is 2.12 bits per heavy atom. The van der Waals surface area contributed by atoms with Crippen molar-refractivity contribution in [2.75, 3.05) is 13.1 Å². The molecule has 0 aliphatic heterocycles. The first kappa shape index (κ1) is 13.5. The van der Waals surface area contributed by atoms with Crippen molar-refractivity contribution in [2.45, 2.75) is 58.9 Å². The van der Waals surface area contributed by atoms with Crippen LogP contribution in [0.15, 0.2) is 0 Å². The second kappa shape index (κ2) is 6.91. The van der Waals surface area contributed by atoms with Crippen molar-refractivity contribution in [1.29, 1.82) is 5.26 Å². The summed E-state index contributed by atoms with van der Waals surface area (Å²) in [6.07, 6.45) is 6.11. The average Bonchev–Trinajstić information content (AvgIpc) is 2.23. The molecule has 1 rings (SSSR count). The Kier molecular flexibility index (Phi) is 5.84. The van der Waals surface area contributed by atoms with Crippen molar-refractivity contribution in [3.63, 3.8) is 0 Å². The van der Waals surface area contributed by atoms with Gasteiger partial charge in [0.25, 0.3) is 0 Å². The van der Waals surface area contributed by atoms with Gasteiger partial charge in [-0.1, -0.05) is 33.6 Å². The van der Waals surface area contributed by atoms with Crippen LogP contribution in [-0.4, -0.2) is 24.0 Å². The molecule has 0 aromatic carbocycles. The molecule has 2 heteroatoms. The van der Waals surface area contributed by atoms with Crippen molar-refractivity contribution in [2.24, 2.45) is 11.8 Å². The van der Waals surface area contributed by atoms with Crippen LogP contribution in [0, 0.1) is 23.2 Å². The highest BCUT2D eigenvalue weighted by Gasteiger charge is 2.24. The number of nitrogens with zero attached hydrogens (tertiary/aromatic N) is 2. The summed E-state index contributed by atoms with van der Waals surface area (Å²) < 4.78 is 0. The van der Waals surface area contributed by atoms with E-state index in [2.05, 4.69) is 31.7 Å². The van der Waals surface area contributed by atoms with E-state index in [9.17, 15) is 0 Å². The van der Waals surface area contributed by atoms with Crippen molar-refractivity contribution in [1.82, 2.24) is 4.90 Å². The molecule has 2 unspecified atom stereocenters. The third-order valence-electron chi connectivity index (χ3n) is 3.54. The summed E-state index contributed by atoms with van der Waals surface area (Å²) in [4.78, 5) is 2.56. The van der Waals surface area contributed by atoms with Gasteiger partial charge in [0.15, 0.2) is 0 Å². The Bertz CT molecular complexity index is 229. The van der Waals surface area contributed by atoms with E-state index in [1.165, 1.54) is 25.7 Å². The molecule has 0 radical (unpaired) electrons. The molecular formula is C14H26N2. The third kappa shape index (κ3) is 4.53. The molecule has 0 heterocycles. The maximum Gasteiger partial charge on any atom is 0.0635 e. The van der Waals surface area contributed by atoms with Crippen LogP contribution in [0.5, 0.6) is 0 Å². The van der Waals surface area contributed by atoms with Gasteiger partial charge < -0.3 is 0 Å². The van der Waals surface area contributed by atoms with Gasteiger partial charge in [0, 0.05) is 25.6 Å². The summed E-state index contributed by atoms with van der Waals surface area (Å²) in [6.45, 7) is 9.02. The Balaban J connectivity index is 2.49. The van der Waals surface area contributed by atoms with Gasteiger partial charge >= 0.3 is 0 Å². The van der Waals surface area contributed by atoms with Gasteiger partial charge in [0.1, 0.15) is 0 Å². The van der Waals surface area contributed by atoms with Crippen LogP contribution in [0.1, 0.15) is 52.9 Å². The molecule has 1 aliphatic rings. The monoisotopic (exact) mass is 222 g/mol. The number of rotatable bonds is 5. The van der Waals surface area contributed by atoms with Gasteiger partial charge in [-0.2, -0.15) is 5.26 Å². The fraction of sp³-hybridized carbons (Fsp3) is 0.929. The lowest BCUT2D eigenvalue weighted by Crippen LogP contribution is -2.41. The van der Waals surface area contributed by atoms with Crippen molar-refractivity contribution < 1.29 is 0 Å². The van der Waals surface area contributed by atoms with Crippen molar-refractivity contribution in [3.05, 3.63) is 0 Å². The average molecular weight is 222 g/mol. The van der Waals surface area contributed by atoms with Gasteiger partial charge in [0.2, 0.25) is 0 Å². The summed E-state index contributed by atoms with van der Waals surface area (Å²) in [7, 11) is 0. The molecule has 1 aliphatic carbocycles. The van der Waals surface area contributed by atoms with E-state index in [-0.39, 0.29) is 0 Å². The van der Waals surface area contributed by atoms with E-state index in [1.54, 1.807) is 0 Å². The minimum Gasteiger partial charge on any atom is -0.299 e. The summed E-state index contributed by atoms with van der Waals surface area (Å²) >= 11 is 0. The third-order valence-corrected chi connectivity index (χ3v) is 3.54. The van der Waals surface area contributed by atoms with Crippen LogP contribution in [0.25, 0.3) is 0 Å². The van der Waals surface area contributed by atoms with E-state index >= 15 is 0 Å². The van der Waals surface area contributed by atoms with Crippen molar-refractivity contribution in [3.8, 4) is 6.07 Å². The van der Waals surface area contributed by atoms with E-state index in [0.29, 0.717) is 12.3 Å². The Morgan fingerprint density at radius 1 is 1.38 bits per heavy atom. The first-order valence-corrected chi connectivity index (χ1v) is 6.74. The lowest BCUT2D eigenvalue weighted by Gasteiger charge is -2.37. The van der Waals surface area contributed by atoms with Crippen LogP contribution in [0.2, 0.25) is 0 Å². The first-order chi connectivity index (χ1) is 7.63. The van der Waals surface area contributed by atoms with Crippen LogP contribution >= 0.6 is 0 Å². The zero-order valence-electron chi connectivity index (χ0n) is 11.1. The quantitative estimate of drug-likeness (QED) is 0.712. The number of hydrogen-bond acceptors (Lipinski definition) is 2. The molecule has 0 saturated heterocycles. The highest BCUT2D eigenvalue weighted by Crippen LogP contribution is 2.27. The molecule has 16 heavy (non-hydrogen) atoms. The van der Waals surface area contributed by atoms with Crippen LogP contribution in [0.3, 0.4) is 0 Å². The lowest BCUT2D eigenvalue weighted by molar-refractivity contribution is 0.123.